The van der Waals surface area contributed by atoms with Gasteiger partial charge in [-0.3, -0.25) is 20.2 Å². The minimum atomic E-state index is -0.468. The van der Waals surface area contributed by atoms with Gasteiger partial charge in [-0.15, -0.1) is 12.3 Å². The van der Waals surface area contributed by atoms with Crippen LogP contribution in [-0.2, 0) is 15.9 Å². The summed E-state index contributed by atoms with van der Waals surface area (Å²) in [7, 11) is 8.74. The van der Waals surface area contributed by atoms with Crippen molar-refractivity contribution >= 4 is 105 Å². The molecular weight excluding hydrogens is 1160 g/mol. The molecule has 14 heteroatoms. The summed E-state index contributed by atoms with van der Waals surface area (Å²) in [5.74, 6) is 8.75. The number of terminal acetylenes is 1. The van der Waals surface area contributed by atoms with Gasteiger partial charge in [-0.05, 0) is 115 Å². The molecule has 2 aliphatic carbocycles. The van der Waals surface area contributed by atoms with Crippen molar-refractivity contribution in [2.45, 2.75) is 39.5 Å². The summed E-state index contributed by atoms with van der Waals surface area (Å²) in [4.78, 5) is 19.9. The Balaban J connectivity index is 0.000000175. The van der Waals surface area contributed by atoms with E-state index in [1.165, 1.54) is 81.1 Å². The number of nitrogens with two attached hydrogens (primary N) is 2. The second-order valence-corrected chi connectivity index (χ2v) is 24.9. The maximum atomic E-state index is 10.6. The zero-order valence-corrected chi connectivity index (χ0v) is 47.2. The zero-order valence-electron chi connectivity index (χ0n) is 40.7. The van der Waals surface area contributed by atoms with Crippen molar-refractivity contribution < 1.29 is 25.8 Å². The Kier molecular flexibility index (Phi) is 24.0. The molecule has 0 saturated heterocycles. The number of nitro groups is 2. The molecule has 8 aromatic rings. The maximum absolute atomic E-state index is 10.6. The van der Waals surface area contributed by atoms with Crippen LogP contribution in [0.15, 0.2) is 223 Å². The Bertz CT molecular complexity index is 2800. The Hall–Kier alpha value is -6.14. The number of halogens is 3. The average Bonchev–Trinajstić information content (AvgIpc) is 4.37. The Morgan fingerprint density at radius 3 is 1.04 bits per heavy atom. The van der Waals surface area contributed by atoms with Crippen LogP contribution in [-0.4, -0.2) is 9.85 Å². The number of nitrogens with zero attached hydrogens (tertiary/aromatic N) is 2. The van der Waals surface area contributed by atoms with E-state index in [1.807, 2.05) is 0 Å². The summed E-state index contributed by atoms with van der Waals surface area (Å²) in [6, 6.07) is 73.2. The molecule has 10 rings (SSSR count). The first-order valence-electron chi connectivity index (χ1n) is 23.2. The van der Waals surface area contributed by atoms with Crippen LogP contribution in [0.5, 0.6) is 0 Å². The SMILES string of the molecule is C#CC1(C)CC1.CC1(C#Cc2cc([N+](=O)[O-])ccc2N)CC1.Nc1ccc([N+](=O)[O-])cc1Br.[Cl][Pd][Cl].c1ccc(P(c2ccccc2)c2ccccc2)cc1.c1ccc(P(c2ccccc2)c2ccccc2)cc1. The van der Waals surface area contributed by atoms with Gasteiger partial charge in [0, 0.05) is 50.9 Å². The predicted octanol–water partition coefficient (Wildman–Crippen LogP) is 14.0. The van der Waals surface area contributed by atoms with Crippen LogP contribution in [0.3, 0.4) is 0 Å². The smallest absolute Gasteiger partial charge is 0.0134 e. The molecule has 2 aliphatic rings. The van der Waals surface area contributed by atoms with E-state index in [0.29, 0.717) is 26.8 Å². The van der Waals surface area contributed by atoms with E-state index >= 15 is 0 Å². The van der Waals surface area contributed by atoms with Gasteiger partial charge in [-0.1, -0.05) is 194 Å². The summed E-state index contributed by atoms with van der Waals surface area (Å²) in [6.07, 6.45) is 9.78. The first kappa shape index (κ1) is 58.7. The van der Waals surface area contributed by atoms with E-state index in [1.54, 1.807) is 0 Å². The van der Waals surface area contributed by atoms with Crippen LogP contribution >= 0.6 is 50.8 Å². The molecule has 8 aromatic carbocycles. The summed E-state index contributed by atoms with van der Waals surface area (Å²) >= 11 is 2.98. The number of non-ortho nitro benzene ring substituents is 2. The van der Waals surface area contributed by atoms with Gasteiger partial charge < -0.3 is 11.5 Å². The first-order chi connectivity index (χ1) is 35.7. The van der Waals surface area contributed by atoms with Crippen LogP contribution in [0.2, 0.25) is 0 Å². The van der Waals surface area contributed by atoms with Gasteiger partial charge in [0.2, 0.25) is 0 Å². The van der Waals surface area contributed by atoms with Crippen molar-refractivity contribution in [2.24, 2.45) is 10.8 Å². The van der Waals surface area contributed by atoms with Crippen molar-refractivity contribution in [3.05, 3.63) is 249 Å². The molecule has 0 bridgehead atoms. The third kappa shape index (κ3) is 19.6. The normalized spacial score (nSPS) is 12.7. The van der Waals surface area contributed by atoms with Gasteiger partial charge in [0.05, 0.1) is 15.4 Å². The molecule has 0 aliphatic heterocycles. The molecule has 0 amide bonds. The number of benzene rings is 8. The molecule has 0 aromatic heterocycles. The second kappa shape index (κ2) is 30.3. The average molecular weight is 1220 g/mol. The fraction of sp³-hybridized carbons (Fsp3) is 0.133. The third-order valence-electron chi connectivity index (χ3n) is 11.4. The summed E-state index contributed by atoms with van der Waals surface area (Å²) < 4.78 is 0.548. The molecule has 2 saturated carbocycles. The van der Waals surface area contributed by atoms with Crippen LogP contribution < -0.4 is 43.3 Å². The number of hydrogen-bond donors (Lipinski definition) is 2. The van der Waals surface area contributed by atoms with Crippen LogP contribution in [0.25, 0.3) is 0 Å². The number of anilines is 2. The number of hydrogen-bond acceptors (Lipinski definition) is 6. The van der Waals surface area contributed by atoms with Gasteiger partial charge in [-0.25, -0.2) is 0 Å². The van der Waals surface area contributed by atoms with Crippen LogP contribution in [0.4, 0.5) is 22.7 Å². The van der Waals surface area contributed by atoms with Gasteiger partial charge in [0.25, 0.3) is 11.4 Å². The molecule has 0 unspecified atom stereocenters. The van der Waals surface area contributed by atoms with Crippen molar-refractivity contribution in [3.8, 4) is 24.2 Å². The Morgan fingerprint density at radius 2 is 0.797 bits per heavy atom. The number of nitrogen functional groups attached to an aromatic ring is 2. The van der Waals surface area contributed by atoms with E-state index < -0.39 is 25.7 Å². The molecular formula is C60H55BrCl2N4O4P2Pd. The molecule has 74 heavy (non-hydrogen) atoms. The molecule has 380 valence electrons. The van der Waals surface area contributed by atoms with Crippen molar-refractivity contribution in [1.29, 1.82) is 0 Å². The second-order valence-electron chi connectivity index (χ2n) is 17.2. The Morgan fingerprint density at radius 1 is 0.514 bits per heavy atom. The van der Waals surface area contributed by atoms with Crippen LogP contribution in [0.1, 0.15) is 45.1 Å². The zero-order chi connectivity index (χ0) is 53.4. The largest absolute Gasteiger partial charge is 0.0622 e. The molecule has 0 spiro atoms. The fourth-order valence-electron chi connectivity index (χ4n) is 6.62. The monoisotopic (exact) mass is 1210 g/mol. The van der Waals surface area contributed by atoms with Gasteiger partial charge in [-0.2, -0.15) is 0 Å². The summed E-state index contributed by atoms with van der Waals surface area (Å²) in [5.41, 5.74) is 13.1. The Labute approximate surface area is 462 Å². The maximum Gasteiger partial charge on any atom is -0.0134 e. The van der Waals surface area contributed by atoms with E-state index in [9.17, 15) is 20.2 Å². The number of rotatable bonds is 8. The molecule has 8 nitrogen and oxygen atoms in total. The van der Waals surface area contributed by atoms with E-state index in [-0.39, 0.29) is 32.7 Å². The van der Waals surface area contributed by atoms with E-state index in [0.717, 1.165) is 12.8 Å². The quantitative estimate of drug-likeness (QED) is 0.0388. The minimum Gasteiger partial charge on any atom is -0.0622 e. The molecule has 0 atom stereocenters. The summed E-state index contributed by atoms with van der Waals surface area (Å²) in [6.45, 7) is 4.19. The predicted molar refractivity (Wildman–Crippen MR) is 315 cm³/mol. The molecule has 0 heterocycles. The molecule has 0 radical (unpaired) electrons. The fourth-order valence-corrected chi connectivity index (χ4v) is 11.6. The molecule has 2 fully saturated rings. The van der Waals surface area contributed by atoms with Gasteiger partial charge in [0.1, 0.15) is 0 Å². The first-order valence-corrected chi connectivity index (χ1v) is 30.6. The molecule has 4 N–H and O–H groups in total. The van der Waals surface area contributed by atoms with Crippen molar-refractivity contribution in [2.75, 3.05) is 11.5 Å². The van der Waals surface area contributed by atoms with Crippen LogP contribution in [0, 0.1) is 55.2 Å². The van der Waals surface area contributed by atoms with Gasteiger partial charge >= 0.3 is 35.0 Å². The minimum absolute atomic E-state index is 0.0273. The topological polar surface area (TPSA) is 138 Å². The third-order valence-corrected chi connectivity index (χ3v) is 17.0. The van der Waals surface area contributed by atoms with Crippen molar-refractivity contribution in [1.82, 2.24) is 0 Å². The van der Waals surface area contributed by atoms with Crippen molar-refractivity contribution in [3.63, 3.8) is 0 Å². The van der Waals surface area contributed by atoms with Gasteiger partial charge in [0.15, 0.2) is 0 Å². The number of nitro benzene ring substituents is 2. The van der Waals surface area contributed by atoms with E-state index in [2.05, 4.69) is 230 Å². The summed E-state index contributed by atoms with van der Waals surface area (Å²) in [5, 5.41) is 29.2. The van der Waals surface area contributed by atoms with E-state index in [4.69, 9.17) is 36.9 Å². The standard InChI is InChI=1S/2C18H15P.C12H12N2O2.C6H5BrN2O2.C6H8.2ClH.Pd/c2*1-4-10-16(11-5-1)19(17-12-6-2-7-13-17)18-14-8-3-9-15-18;1-12(6-7-12)5-4-9-8-10(14(15)16)2-3-11(9)13;7-5-3-4(9(10)11)1-2-6(5)8;1-3-6(2)4-5-6;;;/h2*1-15H;2-3,8H,6-7,13H2,1H3;1-3H,8H2;1H,4-5H2,2H3;2*1H;/q;;;;;;;+2/p-2.